The minimum atomic E-state index is -0.0468. The Morgan fingerprint density at radius 3 is 2.28 bits per heavy atom. The molecule has 0 aliphatic rings. The molecule has 0 spiro atoms. The molecule has 1 unspecified atom stereocenters. The van der Waals surface area contributed by atoms with Crippen LogP contribution in [0, 0.1) is 20.8 Å². The predicted octanol–water partition coefficient (Wildman–Crippen LogP) is 5.55. The van der Waals surface area contributed by atoms with Gasteiger partial charge in [0, 0.05) is 21.8 Å². The second kappa shape index (κ2) is 8.22. The molecule has 0 radical (unpaired) electrons. The Bertz CT molecular complexity index is 766. The Labute approximate surface area is 159 Å². The number of hydrogen-bond donors (Lipinski definition) is 1. The van der Waals surface area contributed by atoms with Gasteiger partial charge in [-0.15, -0.1) is 0 Å². The van der Waals surface area contributed by atoms with Gasteiger partial charge in [0.05, 0.1) is 6.54 Å². The summed E-state index contributed by atoms with van der Waals surface area (Å²) in [6, 6.07) is 9.58. The molecule has 0 fully saturated rings. The van der Waals surface area contributed by atoms with Gasteiger partial charge in [0.1, 0.15) is 0 Å². The molecule has 2 aromatic rings. The molecule has 0 saturated heterocycles. The van der Waals surface area contributed by atoms with Gasteiger partial charge in [-0.2, -0.15) is 0 Å². The van der Waals surface area contributed by atoms with Crippen molar-refractivity contribution in [2.75, 3.05) is 18.9 Å². The van der Waals surface area contributed by atoms with Crippen LogP contribution >= 0.6 is 23.2 Å². The van der Waals surface area contributed by atoms with E-state index < -0.39 is 0 Å². The third kappa shape index (κ3) is 4.97. The molecular weight excluding hydrogens is 355 g/mol. The maximum Gasteiger partial charge on any atom is 0.238 e. The number of benzene rings is 2. The van der Waals surface area contributed by atoms with Gasteiger partial charge >= 0.3 is 0 Å². The number of hydrogen-bond acceptors (Lipinski definition) is 2. The Balaban J connectivity index is 2.07. The zero-order valence-electron chi connectivity index (χ0n) is 15.3. The fraction of sp³-hybridized carbons (Fsp3) is 0.350. The third-order valence-electron chi connectivity index (χ3n) is 4.41. The molecule has 0 aliphatic carbocycles. The van der Waals surface area contributed by atoms with Crippen LogP contribution in [0.2, 0.25) is 10.0 Å². The number of halogens is 2. The van der Waals surface area contributed by atoms with Crippen LogP contribution in [0.3, 0.4) is 0 Å². The van der Waals surface area contributed by atoms with Crippen molar-refractivity contribution in [3.63, 3.8) is 0 Å². The zero-order chi connectivity index (χ0) is 18.7. The molecular formula is C20H24Cl2N2O. The second-order valence-electron chi connectivity index (χ2n) is 6.58. The highest BCUT2D eigenvalue weighted by molar-refractivity contribution is 6.35. The number of likely N-dealkylation sites (N-methyl/N-ethyl adjacent to an activating group) is 1. The maximum atomic E-state index is 12.5. The third-order valence-corrected chi connectivity index (χ3v) is 4.97. The number of anilines is 1. The van der Waals surface area contributed by atoms with Crippen LogP contribution in [0.4, 0.5) is 5.69 Å². The highest BCUT2D eigenvalue weighted by Gasteiger charge is 2.18. The number of carbonyl (C=O) groups is 1. The summed E-state index contributed by atoms with van der Waals surface area (Å²) in [7, 11) is 1.91. The van der Waals surface area contributed by atoms with E-state index in [1.54, 1.807) is 6.07 Å². The number of amides is 1. The van der Waals surface area contributed by atoms with Gasteiger partial charge in [-0.3, -0.25) is 9.69 Å². The molecule has 1 amide bonds. The zero-order valence-corrected chi connectivity index (χ0v) is 16.8. The van der Waals surface area contributed by atoms with E-state index >= 15 is 0 Å². The van der Waals surface area contributed by atoms with Crippen LogP contribution in [0.1, 0.15) is 35.2 Å². The quantitative estimate of drug-likeness (QED) is 0.739. The smallest absolute Gasteiger partial charge is 0.238 e. The standard InChI is InChI=1S/C20H24Cl2N2O/c1-12-8-13(2)20(14(3)9-12)23-19(25)11-24(5)15(4)17-7-6-16(21)10-18(17)22/h6-10,15H,11H2,1-5H3,(H,23,25). The lowest BCUT2D eigenvalue weighted by atomic mass is 10.0. The van der Waals surface area contributed by atoms with Gasteiger partial charge < -0.3 is 5.32 Å². The van der Waals surface area contributed by atoms with Crippen LogP contribution in [-0.2, 0) is 4.79 Å². The van der Waals surface area contributed by atoms with Crippen LogP contribution < -0.4 is 5.32 Å². The molecule has 2 aromatic carbocycles. The summed E-state index contributed by atoms with van der Waals surface area (Å²) in [5.74, 6) is -0.0468. The van der Waals surface area contributed by atoms with Gasteiger partial charge in [-0.25, -0.2) is 0 Å². The molecule has 1 N–H and O–H groups in total. The minimum Gasteiger partial charge on any atom is -0.324 e. The highest BCUT2D eigenvalue weighted by atomic mass is 35.5. The normalized spacial score (nSPS) is 12.3. The van der Waals surface area contributed by atoms with Crippen molar-refractivity contribution in [1.82, 2.24) is 4.90 Å². The largest absolute Gasteiger partial charge is 0.324 e. The molecule has 25 heavy (non-hydrogen) atoms. The Morgan fingerprint density at radius 2 is 1.72 bits per heavy atom. The molecule has 0 bridgehead atoms. The van der Waals surface area contributed by atoms with Crippen molar-refractivity contribution >= 4 is 34.8 Å². The lowest BCUT2D eigenvalue weighted by Gasteiger charge is -2.25. The first-order valence-corrected chi connectivity index (χ1v) is 8.97. The highest BCUT2D eigenvalue weighted by Crippen LogP contribution is 2.29. The van der Waals surface area contributed by atoms with Crippen LogP contribution in [-0.4, -0.2) is 24.4 Å². The average molecular weight is 379 g/mol. The Hall–Kier alpha value is -1.55. The van der Waals surface area contributed by atoms with E-state index in [1.165, 1.54) is 5.56 Å². The predicted molar refractivity (Wildman–Crippen MR) is 107 cm³/mol. The summed E-state index contributed by atoms with van der Waals surface area (Å²) in [6.45, 7) is 8.36. The van der Waals surface area contributed by atoms with Crippen molar-refractivity contribution < 1.29 is 4.79 Å². The van der Waals surface area contributed by atoms with E-state index in [2.05, 4.69) is 24.4 Å². The first-order valence-electron chi connectivity index (χ1n) is 8.22. The van der Waals surface area contributed by atoms with E-state index in [1.807, 2.05) is 44.9 Å². The van der Waals surface area contributed by atoms with Crippen molar-refractivity contribution in [2.24, 2.45) is 0 Å². The first kappa shape index (κ1) is 19.8. The van der Waals surface area contributed by atoms with Gasteiger partial charge in [-0.1, -0.05) is 47.0 Å². The summed E-state index contributed by atoms with van der Waals surface area (Å²) >= 11 is 12.2. The van der Waals surface area contributed by atoms with Crippen LogP contribution in [0.15, 0.2) is 30.3 Å². The van der Waals surface area contributed by atoms with E-state index in [4.69, 9.17) is 23.2 Å². The molecule has 134 valence electrons. The van der Waals surface area contributed by atoms with Crippen LogP contribution in [0.25, 0.3) is 0 Å². The molecule has 0 heterocycles. The minimum absolute atomic E-state index is 0.00396. The van der Waals surface area contributed by atoms with E-state index in [0.29, 0.717) is 10.0 Å². The lowest BCUT2D eigenvalue weighted by Crippen LogP contribution is -2.32. The van der Waals surface area contributed by atoms with Crippen LogP contribution in [0.5, 0.6) is 0 Å². The summed E-state index contributed by atoms with van der Waals surface area (Å²) in [5, 5.41) is 4.24. The summed E-state index contributed by atoms with van der Waals surface area (Å²) in [4.78, 5) is 14.4. The summed E-state index contributed by atoms with van der Waals surface area (Å²) < 4.78 is 0. The topological polar surface area (TPSA) is 32.3 Å². The summed E-state index contributed by atoms with van der Waals surface area (Å²) in [5.41, 5.74) is 5.17. The number of nitrogens with one attached hydrogen (secondary N) is 1. The SMILES string of the molecule is Cc1cc(C)c(NC(=O)CN(C)C(C)c2ccc(Cl)cc2Cl)c(C)c1. The van der Waals surface area contributed by atoms with Crippen molar-refractivity contribution in [3.05, 3.63) is 62.6 Å². The Morgan fingerprint density at radius 1 is 1.12 bits per heavy atom. The first-order chi connectivity index (χ1) is 11.7. The molecule has 3 nitrogen and oxygen atoms in total. The average Bonchev–Trinajstić information content (AvgIpc) is 2.50. The van der Waals surface area contributed by atoms with Crippen molar-refractivity contribution in [2.45, 2.75) is 33.7 Å². The van der Waals surface area contributed by atoms with Gasteiger partial charge in [0.25, 0.3) is 0 Å². The molecule has 0 aromatic heterocycles. The number of nitrogens with zero attached hydrogens (tertiary/aromatic N) is 1. The molecule has 2 rings (SSSR count). The number of aryl methyl sites for hydroxylation is 3. The van der Waals surface area contributed by atoms with E-state index in [-0.39, 0.29) is 18.5 Å². The van der Waals surface area contributed by atoms with E-state index in [9.17, 15) is 4.79 Å². The number of rotatable bonds is 5. The maximum absolute atomic E-state index is 12.5. The van der Waals surface area contributed by atoms with Crippen molar-refractivity contribution in [3.8, 4) is 0 Å². The van der Waals surface area contributed by atoms with Crippen molar-refractivity contribution in [1.29, 1.82) is 0 Å². The molecule has 0 aliphatic heterocycles. The fourth-order valence-corrected chi connectivity index (χ4v) is 3.56. The lowest BCUT2D eigenvalue weighted by molar-refractivity contribution is -0.117. The molecule has 0 saturated carbocycles. The number of carbonyl (C=O) groups excluding carboxylic acids is 1. The monoisotopic (exact) mass is 378 g/mol. The van der Waals surface area contributed by atoms with Gasteiger partial charge in [0.15, 0.2) is 0 Å². The second-order valence-corrected chi connectivity index (χ2v) is 7.42. The molecule has 1 atom stereocenters. The summed E-state index contributed by atoms with van der Waals surface area (Å²) in [6.07, 6.45) is 0. The van der Waals surface area contributed by atoms with E-state index in [0.717, 1.165) is 22.4 Å². The van der Waals surface area contributed by atoms with Gasteiger partial charge in [0.2, 0.25) is 5.91 Å². The fourth-order valence-electron chi connectivity index (χ4n) is 3.00. The molecule has 5 heteroatoms. The Kier molecular flexibility index (Phi) is 6.50. The van der Waals surface area contributed by atoms with Gasteiger partial charge in [-0.05, 0) is 63.6 Å².